The fourth-order valence-corrected chi connectivity index (χ4v) is 3.64. The maximum Gasteiger partial charge on any atom is 0.446 e. The first-order valence-electron chi connectivity index (χ1n) is 8.32. The first kappa shape index (κ1) is 23.3. The van der Waals surface area contributed by atoms with E-state index in [1.807, 2.05) is 6.92 Å². The predicted octanol–water partition coefficient (Wildman–Crippen LogP) is 4.88. The Labute approximate surface area is 174 Å². The molecule has 0 radical (unpaired) electrons. The third kappa shape index (κ3) is 7.42. The highest BCUT2D eigenvalue weighted by Gasteiger charge is 2.29. The minimum atomic E-state index is -4.48. The van der Waals surface area contributed by atoms with Gasteiger partial charge in [-0.3, -0.25) is 4.79 Å². The van der Waals surface area contributed by atoms with Gasteiger partial charge < -0.3 is 19.9 Å². The maximum atomic E-state index is 12.7. The van der Waals surface area contributed by atoms with Gasteiger partial charge in [0.15, 0.2) is 0 Å². The first-order valence-corrected chi connectivity index (χ1v) is 10.1. The van der Waals surface area contributed by atoms with Crippen LogP contribution in [0.5, 0.6) is 5.75 Å². The fraction of sp³-hybridized carbons (Fsp3) is 0.333. The minimum absolute atomic E-state index is 0.0978. The van der Waals surface area contributed by atoms with Crippen LogP contribution in [0.3, 0.4) is 0 Å². The lowest BCUT2D eigenvalue weighted by Gasteiger charge is -2.13. The Hall–Kier alpha value is -1.95. The number of rotatable bonds is 9. The molecule has 0 aliphatic carbocycles. The first-order chi connectivity index (χ1) is 13.7. The number of phenolic OH excluding ortho intramolecular Hbond substituents is 1. The van der Waals surface area contributed by atoms with Crippen LogP contribution in [0.4, 0.5) is 18.9 Å². The zero-order valence-corrected chi connectivity index (χ0v) is 17.2. The van der Waals surface area contributed by atoms with E-state index >= 15 is 0 Å². The van der Waals surface area contributed by atoms with Crippen molar-refractivity contribution in [3.05, 3.63) is 41.7 Å². The van der Waals surface area contributed by atoms with Crippen LogP contribution in [-0.4, -0.2) is 41.2 Å². The van der Waals surface area contributed by atoms with Crippen molar-refractivity contribution in [1.82, 2.24) is 4.98 Å². The molecule has 0 atom stereocenters. The lowest BCUT2D eigenvalue weighted by molar-refractivity contribution is -0.0392. The van der Waals surface area contributed by atoms with Crippen LogP contribution in [-0.2, 0) is 16.1 Å². The molecule has 2 aromatic rings. The molecule has 0 bridgehead atoms. The average molecular weight is 448 g/mol. The summed E-state index contributed by atoms with van der Waals surface area (Å²) in [5, 5.41) is 12.3. The summed E-state index contributed by atoms with van der Waals surface area (Å²) >= 11 is 1.05. The topological polar surface area (TPSA) is 80.7 Å². The third-order valence-electron chi connectivity index (χ3n) is 3.34. The summed E-state index contributed by atoms with van der Waals surface area (Å²) < 4.78 is 47.8. The molecular formula is C18H19F3N2O4S2. The van der Waals surface area contributed by atoms with E-state index in [4.69, 9.17) is 9.47 Å². The minimum Gasteiger partial charge on any atom is -0.506 e. The number of nitrogens with zero attached hydrogens (tertiary/aromatic N) is 1. The third-order valence-corrected chi connectivity index (χ3v) is 4.98. The lowest BCUT2D eigenvalue weighted by atomic mass is 10.2. The molecule has 0 aliphatic heterocycles. The van der Waals surface area contributed by atoms with Crippen molar-refractivity contribution in [1.29, 1.82) is 0 Å². The zero-order valence-electron chi connectivity index (χ0n) is 15.6. The highest BCUT2D eigenvalue weighted by molar-refractivity contribution is 8.00. The van der Waals surface area contributed by atoms with Crippen molar-refractivity contribution in [2.45, 2.75) is 28.8 Å². The number of anilines is 1. The van der Waals surface area contributed by atoms with Gasteiger partial charge in [0.2, 0.25) is 0 Å². The van der Waals surface area contributed by atoms with E-state index in [-0.39, 0.29) is 47.2 Å². The summed E-state index contributed by atoms with van der Waals surface area (Å²) in [6.07, 6.45) is 1.47. The number of methoxy groups -OCH3 is 1. The largest absolute Gasteiger partial charge is 0.506 e. The van der Waals surface area contributed by atoms with Crippen LogP contribution in [0.1, 0.15) is 23.0 Å². The average Bonchev–Trinajstić information content (AvgIpc) is 2.64. The molecule has 11 heteroatoms. The normalized spacial score (nSPS) is 11.5. The van der Waals surface area contributed by atoms with Gasteiger partial charge in [-0.1, -0.05) is 6.92 Å². The Kier molecular flexibility index (Phi) is 8.62. The Morgan fingerprint density at radius 3 is 2.72 bits per heavy atom. The molecule has 2 rings (SSSR count). The van der Waals surface area contributed by atoms with Crippen molar-refractivity contribution in [2.75, 3.05) is 25.0 Å². The van der Waals surface area contributed by atoms with Crippen molar-refractivity contribution in [2.24, 2.45) is 0 Å². The summed E-state index contributed by atoms with van der Waals surface area (Å²) in [4.78, 5) is 17.2. The van der Waals surface area contributed by atoms with E-state index in [1.54, 1.807) is 6.07 Å². The second-order valence-electron chi connectivity index (χ2n) is 5.56. The van der Waals surface area contributed by atoms with Crippen LogP contribution in [0.2, 0.25) is 0 Å². The van der Waals surface area contributed by atoms with Crippen molar-refractivity contribution < 1.29 is 32.5 Å². The summed E-state index contributed by atoms with van der Waals surface area (Å²) in [6, 6.07) is 5.02. The smallest absolute Gasteiger partial charge is 0.446 e. The van der Waals surface area contributed by atoms with Crippen LogP contribution < -0.4 is 5.32 Å². The number of amides is 1. The van der Waals surface area contributed by atoms with Crippen LogP contribution in [0.15, 0.2) is 40.3 Å². The van der Waals surface area contributed by atoms with E-state index in [2.05, 4.69) is 10.3 Å². The molecule has 6 nitrogen and oxygen atoms in total. The molecular weight excluding hydrogens is 429 g/mol. The number of carbonyl (C=O) groups excluding carboxylic acids is 1. The lowest BCUT2D eigenvalue weighted by Crippen LogP contribution is -2.15. The number of nitrogens with one attached hydrogen (secondary N) is 1. The van der Waals surface area contributed by atoms with Gasteiger partial charge >= 0.3 is 5.51 Å². The van der Waals surface area contributed by atoms with Crippen LogP contribution in [0.25, 0.3) is 0 Å². The Balaban J connectivity index is 2.22. The summed E-state index contributed by atoms with van der Waals surface area (Å²) in [5.41, 5.74) is -3.78. The van der Waals surface area contributed by atoms with Gasteiger partial charge in [-0.05, 0) is 47.3 Å². The van der Waals surface area contributed by atoms with Crippen molar-refractivity contribution in [3.8, 4) is 5.75 Å². The van der Waals surface area contributed by atoms with Gasteiger partial charge in [0.1, 0.15) is 18.2 Å². The van der Waals surface area contributed by atoms with Gasteiger partial charge in [0.05, 0.1) is 12.3 Å². The quantitative estimate of drug-likeness (QED) is 0.245. The molecule has 0 fully saturated rings. The molecule has 1 aromatic heterocycles. The number of hydrogen-bond acceptors (Lipinski definition) is 7. The fourth-order valence-electron chi connectivity index (χ4n) is 2.24. The standard InChI is InChI=1S/C18H19F3N2O4S2/c1-3-28-15-6-11(9-27-10-26-2)8-22-16(15)17(25)23-13-7-12(4-5-14(13)24)29-18(19,20)21/h4-8,24H,3,9-10H2,1-2H3,(H,23,25). The van der Waals surface area contributed by atoms with E-state index < -0.39 is 11.4 Å². The number of aromatic hydroxyl groups is 1. The van der Waals surface area contributed by atoms with Gasteiger partial charge in [-0.15, -0.1) is 11.8 Å². The number of thioether (sulfide) groups is 2. The monoisotopic (exact) mass is 448 g/mol. The van der Waals surface area contributed by atoms with Crippen molar-refractivity contribution >= 4 is 35.1 Å². The second kappa shape index (κ2) is 10.7. The number of carbonyl (C=O) groups is 1. The molecule has 2 N–H and O–H groups in total. The molecule has 1 aromatic carbocycles. The van der Waals surface area contributed by atoms with E-state index in [1.165, 1.54) is 25.1 Å². The van der Waals surface area contributed by atoms with E-state index in [9.17, 15) is 23.1 Å². The molecule has 0 saturated carbocycles. The Morgan fingerprint density at radius 2 is 2.07 bits per heavy atom. The molecule has 1 amide bonds. The summed E-state index contributed by atoms with van der Waals surface area (Å²) in [5.74, 6) is -0.318. The number of aromatic nitrogens is 1. The van der Waals surface area contributed by atoms with Gasteiger partial charge in [-0.2, -0.15) is 13.2 Å². The molecule has 0 aliphatic rings. The molecule has 0 saturated heterocycles. The van der Waals surface area contributed by atoms with Crippen LogP contribution >= 0.6 is 23.5 Å². The maximum absolute atomic E-state index is 12.7. The number of phenols is 1. The van der Waals surface area contributed by atoms with Gasteiger partial charge in [0.25, 0.3) is 5.91 Å². The Morgan fingerprint density at radius 1 is 1.31 bits per heavy atom. The number of pyridine rings is 1. The number of halogens is 3. The molecule has 158 valence electrons. The van der Waals surface area contributed by atoms with Crippen molar-refractivity contribution in [3.63, 3.8) is 0 Å². The molecule has 29 heavy (non-hydrogen) atoms. The zero-order chi connectivity index (χ0) is 21.4. The van der Waals surface area contributed by atoms with E-state index in [0.717, 1.165) is 23.8 Å². The highest BCUT2D eigenvalue weighted by Crippen LogP contribution is 2.39. The Bertz CT molecular complexity index is 850. The number of benzene rings is 1. The molecule has 1 heterocycles. The molecule has 0 spiro atoms. The van der Waals surface area contributed by atoms with Gasteiger partial charge in [-0.25, -0.2) is 4.98 Å². The SMILES string of the molecule is CCSc1cc(COCOC)cnc1C(=O)Nc1cc(SC(F)(F)F)ccc1O. The predicted molar refractivity (Wildman–Crippen MR) is 105 cm³/mol. The number of hydrogen-bond donors (Lipinski definition) is 2. The summed E-state index contributed by atoms with van der Waals surface area (Å²) in [7, 11) is 1.50. The second-order valence-corrected chi connectivity index (χ2v) is 8.00. The van der Waals surface area contributed by atoms with E-state index in [0.29, 0.717) is 10.6 Å². The highest BCUT2D eigenvalue weighted by atomic mass is 32.2. The molecule has 0 unspecified atom stereocenters. The van der Waals surface area contributed by atoms with Gasteiger partial charge in [0, 0.05) is 23.1 Å². The van der Waals surface area contributed by atoms with Crippen LogP contribution in [0, 0.1) is 0 Å². The summed E-state index contributed by atoms with van der Waals surface area (Å²) in [6.45, 7) is 2.27. The number of ether oxygens (including phenoxy) is 2. The number of alkyl halides is 3.